The Morgan fingerprint density at radius 1 is 0.815 bits per heavy atom. The maximum atomic E-state index is 5.13. The van der Waals surface area contributed by atoms with Gasteiger partial charge in [0.15, 0.2) is 0 Å². The Morgan fingerprint density at radius 3 is 2.30 bits per heavy atom. The number of nitrogens with zero attached hydrogens (tertiary/aromatic N) is 3. The van der Waals surface area contributed by atoms with Crippen LogP contribution in [0.3, 0.4) is 0 Å². The third kappa shape index (κ3) is 8.69. The summed E-state index contributed by atoms with van der Waals surface area (Å²) in [7, 11) is -1.34. The zero-order chi connectivity index (χ0) is 37.3. The number of hydrogen-bond donors (Lipinski definition) is 0. The minimum atomic E-state index is -1.34. The molecule has 5 aromatic carbocycles. The molecule has 8 aromatic rings. The van der Waals surface area contributed by atoms with Gasteiger partial charge < -0.3 is 9.55 Å². The molecule has 0 saturated heterocycles. The molecule has 0 aliphatic heterocycles. The number of rotatable bonds is 7. The van der Waals surface area contributed by atoms with Gasteiger partial charge >= 0.3 is 0 Å². The fourth-order valence-electron chi connectivity index (χ4n) is 7.23. The molecule has 0 bridgehead atoms. The smallest absolute Gasteiger partial charge is 0.0798 e. The molecule has 0 fully saturated rings. The van der Waals surface area contributed by atoms with Crippen molar-refractivity contribution in [3.8, 4) is 28.3 Å². The second kappa shape index (κ2) is 16.3. The number of imidazole rings is 1. The molecule has 54 heavy (non-hydrogen) atoms. The van der Waals surface area contributed by atoms with E-state index in [1.807, 2.05) is 18.2 Å². The minimum absolute atomic E-state index is 0. The molecular weight excluding hydrogens is 871 g/mol. The van der Waals surface area contributed by atoms with Crippen molar-refractivity contribution >= 4 is 56.5 Å². The van der Waals surface area contributed by atoms with Crippen LogP contribution in [0.5, 0.6) is 0 Å². The third-order valence-electron chi connectivity index (χ3n) is 9.51. The van der Waals surface area contributed by atoms with Crippen LogP contribution in [0.4, 0.5) is 0 Å². The summed E-state index contributed by atoms with van der Waals surface area (Å²) in [6.07, 6.45) is 4.28. The predicted molar refractivity (Wildman–Crippen MR) is 231 cm³/mol. The molecule has 0 amide bonds. The minimum Gasteiger partial charge on any atom is -0.333 e. The predicted octanol–water partition coefficient (Wildman–Crippen LogP) is 12.7. The maximum absolute atomic E-state index is 5.13. The fraction of sp³-hybridized carbons (Fsp3) is 0.250. The molecule has 0 spiro atoms. The quantitative estimate of drug-likeness (QED) is 0.118. The maximum Gasteiger partial charge on any atom is 0.0798 e. The van der Waals surface area contributed by atoms with Crippen molar-refractivity contribution in [1.29, 1.82) is 0 Å². The van der Waals surface area contributed by atoms with Gasteiger partial charge in [-0.05, 0) is 58.6 Å². The summed E-state index contributed by atoms with van der Waals surface area (Å²) < 4.78 is 3.56. The monoisotopic (exact) mass is 920 g/mol. The first kappa shape index (κ1) is 39.5. The molecule has 1 radical (unpaired) electrons. The Bertz CT molecular complexity index is 2510. The van der Waals surface area contributed by atoms with Gasteiger partial charge in [0.25, 0.3) is 0 Å². The summed E-state index contributed by atoms with van der Waals surface area (Å²) in [4.78, 5) is 9.82. The van der Waals surface area contributed by atoms with E-state index < -0.39 is 8.07 Å². The van der Waals surface area contributed by atoms with E-state index in [9.17, 15) is 0 Å². The fourth-order valence-corrected chi connectivity index (χ4v) is 9.64. The molecule has 3 aromatic heterocycles. The Kier molecular flexibility index (Phi) is 11.9. The molecule has 3 heterocycles. The van der Waals surface area contributed by atoms with Crippen LogP contribution in [-0.2, 0) is 32.9 Å². The normalized spacial score (nSPS) is 11.9. The molecule has 8 rings (SSSR count). The molecule has 0 aliphatic rings. The largest absolute Gasteiger partial charge is 0.333 e. The Labute approximate surface area is 339 Å². The summed E-state index contributed by atoms with van der Waals surface area (Å²) in [5, 5.41) is 8.77. The zero-order valence-corrected chi connectivity index (χ0v) is 36.8. The Hall–Kier alpha value is -4.19. The van der Waals surface area contributed by atoms with Gasteiger partial charge in [0.05, 0.1) is 24.9 Å². The second-order valence-corrected chi connectivity index (χ2v) is 22.6. The molecule has 277 valence electrons. The van der Waals surface area contributed by atoms with E-state index >= 15 is 0 Å². The number of pyridine rings is 1. The van der Waals surface area contributed by atoms with Crippen LogP contribution in [0.2, 0.25) is 19.6 Å². The molecule has 0 unspecified atom stereocenters. The van der Waals surface area contributed by atoms with E-state index in [-0.39, 0.29) is 25.5 Å². The van der Waals surface area contributed by atoms with Crippen LogP contribution in [0.1, 0.15) is 45.7 Å². The van der Waals surface area contributed by atoms with E-state index in [4.69, 9.17) is 4.98 Å². The molecule has 3 nitrogen and oxygen atoms in total. The molecular formula is C48H49IrN3SSi-2. The van der Waals surface area contributed by atoms with Crippen molar-refractivity contribution in [3.63, 3.8) is 0 Å². The van der Waals surface area contributed by atoms with E-state index in [0.717, 1.165) is 52.2 Å². The first-order chi connectivity index (χ1) is 25.4. The van der Waals surface area contributed by atoms with Gasteiger partial charge in [-0.2, -0.15) is 0 Å². The first-order valence-corrected chi connectivity index (χ1v) is 23.0. The van der Waals surface area contributed by atoms with Crippen LogP contribution in [0, 0.1) is 22.8 Å². The SMILES string of the molecule is CC(C)(C)Cc1ccc2s[c-]c(-c3nc4ccccc4n3-c3cccc4ccccc34)c2c1.CC(C)Cc1cc(-c2[c-]cccc2)ncc1[Si](C)(C)C.[Ir]. The molecule has 0 saturated carbocycles. The van der Waals surface area contributed by atoms with E-state index in [1.54, 1.807) is 11.3 Å². The summed E-state index contributed by atoms with van der Waals surface area (Å²) in [5.41, 5.74) is 9.54. The average molecular weight is 920 g/mol. The molecule has 0 atom stereocenters. The molecule has 0 N–H and O–H groups in total. The van der Waals surface area contributed by atoms with Crippen LogP contribution < -0.4 is 5.19 Å². The average Bonchev–Trinajstić information content (AvgIpc) is 3.72. The number of thiophene rings is 1. The third-order valence-corrected chi connectivity index (χ3v) is 12.5. The number of para-hydroxylation sites is 2. The van der Waals surface area contributed by atoms with Gasteiger partial charge in [-0.15, -0.1) is 47.3 Å². The van der Waals surface area contributed by atoms with E-state index in [1.165, 1.54) is 37.2 Å². The summed E-state index contributed by atoms with van der Waals surface area (Å²) >= 11 is 1.67. The Morgan fingerprint density at radius 2 is 1.56 bits per heavy atom. The van der Waals surface area contributed by atoms with Crippen molar-refractivity contribution < 1.29 is 20.1 Å². The van der Waals surface area contributed by atoms with Crippen molar-refractivity contribution in [2.75, 3.05) is 0 Å². The van der Waals surface area contributed by atoms with Gasteiger partial charge in [0.1, 0.15) is 0 Å². The van der Waals surface area contributed by atoms with Gasteiger partial charge in [0, 0.05) is 37.4 Å². The number of benzene rings is 5. The van der Waals surface area contributed by atoms with Crippen LogP contribution in [0.25, 0.3) is 60.2 Å². The van der Waals surface area contributed by atoms with Crippen molar-refractivity contribution in [2.24, 2.45) is 11.3 Å². The molecule has 0 aliphatic carbocycles. The molecule has 6 heteroatoms. The summed E-state index contributed by atoms with van der Waals surface area (Å²) in [6.45, 7) is 18.6. The Balaban J connectivity index is 0.000000205. The van der Waals surface area contributed by atoms with Crippen LogP contribution in [0.15, 0.2) is 121 Å². The van der Waals surface area contributed by atoms with Gasteiger partial charge in [0.2, 0.25) is 0 Å². The van der Waals surface area contributed by atoms with Gasteiger partial charge in [-0.3, -0.25) is 16.3 Å². The van der Waals surface area contributed by atoms with Crippen LogP contribution in [-0.4, -0.2) is 22.6 Å². The second-order valence-electron chi connectivity index (χ2n) is 16.8. The topological polar surface area (TPSA) is 30.7 Å². The van der Waals surface area contributed by atoms with Crippen LogP contribution >= 0.6 is 11.3 Å². The first-order valence-electron chi connectivity index (χ1n) is 18.7. The van der Waals surface area contributed by atoms with Gasteiger partial charge in [-0.1, -0.05) is 148 Å². The standard InChI is InChI=1S/C30H25N2S.C18H24NSi.Ir/c1-30(2,3)18-20-15-16-28-23(17-20)24(19-33-28)29-31-25-12-6-7-13-27(25)32(29)26-14-8-10-21-9-4-5-11-22(21)26;1-14(2)11-16-12-17(15-9-7-6-8-10-15)19-13-18(16)20(3,4)5;/h4-17H,18H2,1-3H3;6-9,12-14H,11H2,1-5H3;/q2*-1;. The van der Waals surface area contributed by atoms with E-state index in [0.29, 0.717) is 5.92 Å². The summed E-state index contributed by atoms with van der Waals surface area (Å²) in [6, 6.07) is 43.9. The van der Waals surface area contributed by atoms with Crippen molar-refractivity contribution in [3.05, 3.63) is 144 Å². The van der Waals surface area contributed by atoms with Crippen molar-refractivity contribution in [2.45, 2.75) is 67.1 Å². The zero-order valence-electron chi connectivity index (χ0n) is 32.6. The van der Waals surface area contributed by atoms with E-state index in [2.05, 4.69) is 179 Å². The van der Waals surface area contributed by atoms with Crippen molar-refractivity contribution in [1.82, 2.24) is 14.5 Å². The summed E-state index contributed by atoms with van der Waals surface area (Å²) in [5.74, 6) is 1.62. The number of hydrogen-bond acceptors (Lipinski definition) is 3. The van der Waals surface area contributed by atoms with Gasteiger partial charge in [-0.25, -0.2) is 0 Å². The number of fused-ring (bicyclic) bond motifs is 3. The number of aromatic nitrogens is 3.